The van der Waals surface area contributed by atoms with Gasteiger partial charge in [0, 0.05) is 0 Å². The second kappa shape index (κ2) is 8.31. The number of hydrogen-bond acceptors (Lipinski definition) is 1. The summed E-state index contributed by atoms with van der Waals surface area (Å²) in [6, 6.07) is 7.06. The molecule has 1 aromatic rings. The van der Waals surface area contributed by atoms with Crippen LogP contribution in [0.5, 0.6) is 0 Å². The minimum Gasteiger partial charge on any atom is -0.330 e. The fourth-order valence-electron chi connectivity index (χ4n) is 2.73. The van der Waals surface area contributed by atoms with E-state index in [2.05, 4.69) is 39.0 Å². The zero-order valence-corrected chi connectivity index (χ0v) is 12.3. The molecule has 2 N–H and O–H groups in total. The van der Waals surface area contributed by atoms with E-state index in [1.165, 1.54) is 30.4 Å². The highest BCUT2D eigenvalue weighted by atomic mass is 14.5. The molecule has 0 fully saturated rings. The van der Waals surface area contributed by atoms with E-state index in [4.69, 9.17) is 5.73 Å². The Morgan fingerprint density at radius 2 is 1.83 bits per heavy atom. The molecule has 0 saturated heterocycles. The van der Waals surface area contributed by atoms with Crippen LogP contribution >= 0.6 is 0 Å². The van der Waals surface area contributed by atoms with E-state index in [9.17, 15) is 0 Å². The molecule has 0 amide bonds. The second-order valence-corrected chi connectivity index (χ2v) is 5.16. The first kappa shape index (κ1) is 15.2. The molecule has 1 aromatic carbocycles. The first-order valence-corrected chi connectivity index (χ1v) is 7.58. The van der Waals surface area contributed by atoms with Crippen molar-refractivity contribution in [2.45, 2.75) is 65.2 Å². The van der Waals surface area contributed by atoms with Gasteiger partial charge >= 0.3 is 0 Å². The van der Waals surface area contributed by atoms with E-state index < -0.39 is 0 Å². The van der Waals surface area contributed by atoms with Gasteiger partial charge in [0.05, 0.1) is 0 Å². The van der Waals surface area contributed by atoms with Gasteiger partial charge in [-0.05, 0) is 61.3 Å². The van der Waals surface area contributed by atoms with Gasteiger partial charge in [-0.15, -0.1) is 0 Å². The summed E-state index contributed by atoms with van der Waals surface area (Å²) in [5.41, 5.74) is 10.3. The van der Waals surface area contributed by atoms with E-state index in [1.54, 1.807) is 5.56 Å². The van der Waals surface area contributed by atoms with Crippen molar-refractivity contribution in [3.63, 3.8) is 0 Å². The summed E-state index contributed by atoms with van der Waals surface area (Å²) in [6.45, 7) is 7.59. The first-order chi connectivity index (χ1) is 8.76. The van der Waals surface area contributed by atoms with Crippen molar-refractivity contribution in [2.75, 3.05) is 6.54 Å². The van der Waals surface area contributed by atoms with Crippen molar-refractivity contribution in [1.82, 2.24) is 0 Å². The lowest BCUT2D eigenvalue weighted by atomic mass is 9.85. The van der Waals surface area contributed by atoms with Gasteiger partial charge in [0.25, 0.3) is 0 Å². The van der Waals surface area contributed by atoms with Gasteiger partial charge < -0.3 is 5.73 Å². The standard InChI is InChI=1S/C17H29N/c1-4-8-16(9-7-12-18)17-13-14(5-2)10-11-15(17)6-3/h10-11,13,16H,4-9,12,18H2,1-3H3. The van der Waals surface area contributed by atoms with E-state index >= 15 is 0 Å². The maximum atomic E-state index is 5.68. The molecule has 102 valence electrons. The predicted octanol–water partition coefficient (Wildman–Crippen LogP) is 4.43. The molecule has 0 aliphatic carbocycles. The van der Waals surface area contributed by atoms with Crippen LogP contribution in [0.4, 0.5) is 0 Å². The molecule has 0 aliphatic rings. The van der Waals surface area contributed by atoms with Crippen LogP contribution < -0.4 is 5.73 Å². The first-order valence-electron chi connectivity index (χ1n) is 7.58. The van der Waals surface area contributed by atoms with Crippen molar-refractivity contribution in [3.05, 3.63) is 34.9 Å². The summed E-state index contributed by atoms with van der Waals surface area (Å²) in [7, 11) is 0. The average Bonchev–Trinajstić information content (AvgIpc) is 2.42. The molecule has 18 heavy (non-hydrogen) atoms. The lowest BCUT2D eigenvalue weighted by Gasteiger charge is -2.20. The third-order valence-corrected chi connectivity index (χ3v) is 3.83. The Kier molecular flexibility index (Phi) is 7.04. The summed E-state index contributed by atoms with van der Waals surface area (Å²) in [5, 5.41) is 0. The molecule has 0 spiro atoms. The van der Waals surface area contributed by atoms with Crippen LogP contribution in [-0.4, -0.2) is 6.54 Å². The maximum absolute atomic E-state index is 5.68. The number of hydrogen-bond donors (Lipinski definition) is 1. The highest BCUT2D eigenvalue weighted by Gasteiger charge is 2.14. The highest BCUT2D eigenvalue weighted by Crippen LogP contribution is 2.30. The molecule has 0 heterocycles. The second-order valence-electron chi connectivity index (χ2n) is 5.16. The number of nitrogens with two attached hydrogens (primary N) is 1. The molecule has 1 atom stereocenters. The van der Waals surface area contributed by atoms with E-state index in [0.717, 1.165) is 25.8 Å². The van der Waals surface area contributed by atoms with Crippen molar-refractivity contribution in [1.29, 1.82) is 0 Å². The van der Waals surface area contributed by atoms with E-state index in [1.807, 2.05) is 0 Å². The van der Waals surface area contributed by atoms with Crippen LogP contribution in [0, 0.1) is 0 Å². The molecule has 1 heteroatoms. The van der Waals surface area contributed by atoms with Gasteiger partial charge in [-0.2, -0.15) is 0 Å². The summed E-state index contributed by atoms with van der Waals surface area (Å²) in [4.78, 5) is 0. The summed E-state index contributed by atoms with van der Waals surface area (Å²) >= 11 is 0. The van der Waals surface area contributed by atoms with Gasteiger partial charge in [0.15, 0.2) is 0 Å². The summed E-state index contributed by atoms with van der Waals surface area (Å²) < 4.78 is 0. The van der Waals surface area contributed by atoms with Crippen LogP contribution in [0.3, 0.4) is 0 Å². The molecular formula is C17H29N. The minimum atomic E-state index is 0.708. The number of benzene rings is 1. The zero-order valence-electron chi connectivity index (χ0n) is 12.3. The molecule has 0 aliphatic heterocycles. The molecule has 0 aromatic heterocycles. The van der Waals surface area contributed by atoms with Crippen molar-refractivity contribution in [3.8, 4) is 0 Å². The van der Waals surface area contributed by atoms with Crippen LogP contribution in [-0.2, 0) is 12.8 Å². The molecule has 1 unspecified atom stereocenters. The summed E-state index contributed by atoms with van der Waals surface area (Å²) in [5.74, 6) is 0.708. The van der Waals surface area contributed by atoms with Crippen molar-refractivity contribution in [2.24, 2.45) is 5.73 Å². The Morgan fingerprint density at radius 3 is 2.39 bits per heavy atom. The number of aryl methyl sites for hydroxylation is 2. The average molecular weight is 247 g/mol. The van der Waals surface area contributed by atoms with Gasteiger partial charge in [0.1, 0.15) is 0 Å². The van der Waals surface area contributed by atoms with Crippen molar-refractivity contribution >= 4 is 0 Å². The quantitative estimate of drug-likeness (QED) is 0.722. The Bertz CT molecular complexity index is 343. The molecule has 0 radical (unpaired) electrons. The lowest BCUT2D eigenvalue weighted by Crippen LogP contribution is -2.07. The van der Waals surface area contributed by atoms with Crippen molar-refractivity contribution < 1.29 is 0 Å². The minimum absolute atomic E-state index is 0.708. The molecule has 0 bridgehead atoms. The molecular weight excluding hydrogens is 218 g/mol. The monoisotopic (exact) mass is 247 g/mol. The van der Waals surface area contributed by atoms with Gasteiger partial charge in [-0.1, -0.05) is 45.4 Å². The van der Waals surface area contributed by atoms with Crippen LogP contribution in [0.1, 0.15) is 69.1 Å². The molecule has 0 saturated carbocycles. The predicted molar refractivity (Wildman–Crippen MR) is 81.1 cm³/mol. The van der Waals surface area contributed by atoms with Gasteiger partial charge in [-0.25, -0.2) is 0 Å². The molecule has 1 nitrogen and oxygen atoms in total. The Hall–Kier alpha value is -0.820. The van der Waals surface area contributed by atoms with E-state index in [-0.39, 0.29) is 0 Å². The zero-order chi connectivity index (χ0) is 13.4. The van der Waals surface area contributed by atoms with Gasteiger partial charge in [-0.3, -0.25) is 0 Å². The lowest BCUT2D eigenvalue weighted by molar-refractivity contribution is 0.546. The summed E-state index contributed by atoms with van der Waals surface area (Å²) in [6.07, 6.45) is 7.21. The normalized spacial score (nSPS) is 12.7. The van der Waals surface area contributed by atoms with Crippen LogP contribution in [0.15, 0.2) is 18.2 Å². The van der Waals surface area contributed by atoms with Crippen LogP contribution in [0.2, 0.25) is 0 Å². The fourth-order valence-corrected chi connectivity index (χ4v) is 2.73. The SMILES string of the molecule is CCCC(CCCN)c1cc(CC)ccc1CC. The number of rotatable bonds is 8. The molecule has 1 rings (SSSR count). The van der Waals surface area contributed by atoms with E-state index in [0.29, 0.717) is 5.92 Å². The third-order valence-electron chi connectivity index (χ3n) is 3.83. The third kappa shape index (κ3) is 4.13. The smallest absolute Gasteiger partial charge is 0.00771 e. The maximum Gasteiger partial charge on any atom is -0.00771 e. The van der Waals surface area contributed by atoms with Gasteiger partial charge in [0.2, 0.25) is 0 Å². The van der Waals surface area contributed by atoms with Crippen LogP contribution in [0.25, 0.3) is 0 Å². The fraction of sp³-hybridized carbons (Fsp3) is 0.647. The largest absolute Gasteiger partial charge is 0.330 e. The topological polar surface area (TPSA) is 26.0 Å². The Morgan fingerprint density at radius 1 is 1.06 bits per heavy atom. The Labute approximate surface area is 113 Å². The Balaban J connectivity index is 2.98. The highest BCUT2D eigenvalue weighted by molar-refractivity contribution is 5.35.